The van der Waals surface area contributed by atoms with Crippen molar-refractivity contribution in [3.8, 4) is 0 Å². The minimum absolute atomic E-state index is 0.246. The predicted molar refractivity (Wildman–Crippen MR) is 47.7 cm³/mol. The van der Waals surface area contributed by atoms with Crippen LogP contribution in [0.1, 0.15) is 13.8 Å². The monoisotopic (exact) mass is 160 g/mol. The third-order valence-electron chi connectivity index (χ3n) is 1.76. The second-order valence-corrected chi connectivity index (χ2v) is 3.32. The summed E-state index contributed by atoms with van der Waals surface area (Å²) in [6.45, 7) is 5.54. The number of hydrogen-bond acceptors (Lipinski definition) is 3. The lowest BCUT2D eigenvalue weighted by Crippen LogP contribution is -2.37. The number of nitrogens with one attached hydrogen (secondary N) is 1. The fourth-order valence-electron chi connectivity index (χ4n) is 0.684. The second kappa shape index (κ2) is 5.52. The van der Waals surface area contributed by atoms with Gasteiger partial charge in [-0.2, -0.15) is 0 Å². The lowest BCUT2D eigenvalue weighted by molar-refractivity contribution is 0.186. The highest BCUT2D eigenvalue weighted by Gasteiger charge is 2.03. The first kappa shape index (κ1) is 10.9. The van der Waals surface area contributed by atoms with E-state index in [9.17, 15) is 0 Å². The summed E-state index contributed by atoms with van der Waals surface area (Å²) in [5.74, 6) is 0. The molecule has 3 nitrogen and oxygen atoms in total. The molecule has 2 atom stereocenters. The third kappa shape index (κ3) is 6.28. The Labute approximate surface area is 69.4 Å². The van der Waals surface area contributed by atoms with E-state index in [1.54, 1.807) is 6.92 Å². The van der Waals surface area contributed by atoms with Gasteiger partial charge in [-0.15, -0.1) is 0 Å². The molecule has 0 aliphatic rings. The van der Waals surface area contributed by atoms with E-state index in [-0.39, 0.29) is 6.10 Å². The zero-order chi connectivity index (χ0) is 8.85. The molecule has 0 aliphatic heterocycles. The highest BCUT2D eigenvalue weighted by Crippen LogP contribution is 1.88. The number of aliphatic hydroxyl groups is 1. The molecule has 0 radical (unpaired) electrons. The van der Waals surface area contributed by atoms with Gasteiger partial charge in [-0.3, -0.25) is 0 Å². The van der Waals surface area contributed by atoms with Gasteiger partial charge in [-0.1, -0.05) is 0 Å². The third-order valence-corrected chi connectivity index (χ3v) is 1.76. The normalized spacial score (nSPS) is 16.9. The Balaban J connectivity index is 3.24. The molecule has 0 aliphatic carbocycles. The number of nitrogens with zero attached hydrogens (tertiary/aromatic N) is 1. The van der Waals surface area contributed by atoms with E-state index in [1.165, 1.54) is 0 Å². The van der Waals surface area contributed by atoms with Crippen LogP contribution in [0.25, 0.3) is 0 Å². The van der Waals surface area contributed by atoms with E-state index in [2.05, 4.69) is 31.2 Å². The molecule has 0 spiro atoms. The van der Waals surface area contributed by atoms with Crippen LogP contribution in [0.3, 0.4) is 0 Å². The fourth-order valence-corrected chi connectivity index (χ4v) is 0.684. The zero-order valence-corrected chi connectivity index (χ0v) is 7.96. The Kier molecular flexibility index (Phi) is 5.46. The molecule has 0 aromatic rings. The smallest absolute Gasteiger partial charge is 0.0636 e. The van der Waals surface area contributed by atoms with E-state index >= 15 is 0 Å². The topological polar surface area (TPSA) is 35.5 Å². The van der Waals surface area contributed by atoms with E-state index in [1.807, 2.05) is 0 Å². The van der Waals surface area contributed by atoms with Gasteiger partial charge >= 0.3 is 0 Å². The van der Waals surface area contributed by atoms with Gasteiger partial charge in [0.15, 0.2) is 0 Å². The summed E-state index contributed by atoms with van der Waals surface area (Å²) in [5.41, 5.74) is 0. The summed E-state index contributed by atoms with van der Waals surface area (Å²) in [6.07, 6.45) is -0.246. The molecule has 0 aromatic heterocycles. The van der Waals surface area contributed by atoms with Crippen molar-refractivity contribution in [2.24, 2.45) is 0 Å². The molecule has 0 bridgehead atoms. The van der Waals surface area contributed by atoms with E-state index in [0.717, 1.165) is 6.54 Å². The van der Waals surface area contributed by atoms with Crippen molar-refractivity contribution in [3.05, 3.63) is 0 Å². The van der Waals surface area contributed by atoms with E-state index in [0.29, 0.717) is 12.6 Å². The van der Waals surface area contributed by atoms with Gasteiger partial charge in [0.25, 0.3) is 0 Å². The average molecular weight is 160 g/mol. The standard InChI is InChI=1S/C8H20N2O/c1-7(10(3)4)5-9-6-8(2)11/h7-9,11H,5-6H2,1-4H3. The van der Waals surface area contributed by atoms with Crippen LogP contribution in [-0.4, -0.2) is 49.3 Å². The minimum atomic E-state index is -0.246. The van der Waals surface area contributed by atoms with Gasteiger partial charge in [0.05, 0.1) is 6.10 Å². The quantitative estimate of drug-likeness (QED) is 0.590. The van der Waals surface area contributed by atoms with E-state index < -0.39 is 0 Å². The first-order valence-corrected chi connectivity index (χ1v) is 4.09. The lowest BCUT2D eigenvalue weighted by atomic mass is 10.3. The summed E-state index contributed by atoms with van der Waals surface area (Å²) in [6, 6.07) is 0.522. The highest BCUT2D eigenvalue weighted by atomic mass is 16.3. The van der Waals surface area contributed by atoms with Crippen molar-refractivity contribution < 1.29 is 5.11 Å². The summed E-state index contributed by atoms with van der Waals surface area (Å²) in [5, 5.41) is 12.1. The molecule has 2 unspecified atom stereocenters. The molecule has 68 valence electrons. The van der Waals surface area contributed by atoms with Gasteiger partial charge in [0.1, 0.15) is 0 Å². The molecule has 0 saturated heterocycles. The number of likely N-dealkylation sites (N-methyl/N-ethyl adjacent to an activating group) is 1. The van der Waals surface area contributed by atoms with Crippen LogP contribution in [0, 0.1) is 0 Å². The zero-order valence-electron chi connectivity index (χ0n) is 7.96. The molecule has 0 aromatic carbocycles. The molecule has 0 fully saturated rings. The maximum absolute atomic E-state index is 8.93. The highest BCUT2D eigenvalue weighted by molar-refractivity contribution is 4.63. The molecular formula is C8H20N2O. The molecule has 0 saturated carbocycles. The van der Waals surface area contributed by atoms with Crippen molar-refractivity contribution in [3.63, 3.8) is 0 Å². The second-order valence-electron chi connectivity index (χ2n) is 3.32. The van der Waals surface area contributed by atoms with Gasteiger partial charge in [-0.05, 0) is 27.9 Å². The summed E-state index contributed by atoms with van der Waals surface area (Å²) >= 11 is 0. The molecule has 11 heavy (non-hydrogen) atoms. The average Bonchev–Trinajstić information content (AvgIpc) is 1.86. The lowest BCUT2D eigenvalue weighted by Gasteiger charge is -2.20. The van der Waals surface area contributed by atoms with Crippen LogP contribution in [0.15, 0.2) is 0 Å². The minimum Gasteiger partial charge on any atom is -0.392 e. The predicted octanol–water partition coefficient (Wildman–Crippen LogP) is -0.0931. The van der Waals surface area contributed by atoms with Crippen molar-refractivity contribution in [2.45, 2.75) is 26.0 Å². The number of rotatable bonds is 5. The van der Waals surface area contributed by atoms with Gasteiger partial charge in [-0.25, -0.2) is 0 Å². The van der Waals surface area contributed by atoms with Gasteiger partial charge < -0.3 is 15.3 Å². The first-order valence-electron chi connectivity index (χ1n) is 4.09. The van der Waals surface area contributed by atoms with Crippen molar-refractivity contribution in [1.29, 1.82) is 0 Å². The molecular weight excluding hydrogens is 140 g/mol. The van der Waals surface area contributed by atoms with Crippen molar-refractivity contribution in [1.82, 2.24) is 10.2 Å². The van der Waals surface area contributed by atoms with Gasteiger partial charge in [0.2, 0.25) is 0 Å². The largest absolute Gasteiger partial charge is 0.392 e. The fraction of sp³-hybridized carbons (Fsp3) is 1.00. The molecule has 0 rings (SSSR count). The van der Waals surface area contributed by atoms with Crippen LogP contribution in [0.5, 0.6) is 0 Å². The maximum Gasteiger partial charge on any atom is 0.0636 e. The Morgan fingerprint density at radius 1 is 1.27 bits per heavy atom. The van der Waals surface area contributed by atoms with Crippen molar-refractivity contribution >= 4 is 0 Å². The van der Waals surface area contributed by atoms with Gasteiger partial charge in [0, 0.05) is 19.1 Å². The Morgan fingerprint density at radius 3 is 2.18 bits per heavy atom. The van der Waals surface area contributed by atoms with Crippen LogP contribution in [-0.2, 0) is 0 Å². The molecule has 0 amide bonds. The van der Waals surface area contributed by atoms with Crippen LogP contribution >= 0.6 is 0 Å². The Bertz CT molecular complexity index is 94.1. The summed E-state index contributed by atoms with van der Waals surface area (Å²) in [4.78, 5) is 2.15. The number of aliphatic hydroxyl groups excluding tert-OH is 1. The molecule has 3 heteroatoms. The Hall–Kier alpha value is -0.120. The van der Waals surface area contributed by atoms with Crippen LogP contribution < -0.4 is 5.32 Å². The Morgan fingerprint density at radius 2 is 1.82 bits per heavy atom. The van der Waals surface area contributed by atoms with Crippen molar-refractivity contribution in [2.75, 3.05) is 27.2 Å². The van der Waals surface area contributed by atoms with Crippen LogP contribution in [0.2, 0.25) is 0 Å². The number of hydrogen-bond donors (Lipinski definition) is 2. The molecule has 2 N–H and O–H groups in total. The summed E-state index contributed by atoms with van der Waals surface area (Å²) in [7, 11) is 4.10. The first-order chi connectivity index (χ1) is 5.04. The maximum atomic E-state index is 8.93. The van der Waals surface area contributed by atoms with E-state index in [4.69, 9.17) is 5.11 Å². The molecule has 0 heterocycles. The van der Waals surface area contributed by atoms with Crippen LogP contribution in [0.4, 0.5) is 0 Å². The summed E-state index contributed by atoms with van der Waals surface area (Å²) < 4.78 is 0. The SMILES string of the molecule is CC(O)CNCC(C)N(C)C.